The normalized spacial score (nSPS) is 25.7. The quantitative estimate of drug-likeness (QED) is 0.888. The minimum absolute atomic E-state index is 0.476. The number of hydrogen-bond donors (Lipinski definition) is 2. The van der Waals surface area contributed by atoms with E-state index in [1.807, 2.05) is 6.92 Å². The molecule has 1 fully saturated rings. The van der Waals surface area contributed by atoms with Gasteiger partial charge in [0.2, 0.25) is 0 Å². The number of aliphatic hydroxyl groups is 1. The van der Waals surface area contributed by atoms with Gasteiger partial charge in [0.1, 0.15) is 0 Å². The third-order valence-electron chi connectivity index (χ3n) is 4.17. The molecule has 0 aliphatic heterocycles. The molecule has 1 unspecified atom stereocenters. The molecular weight excluding hydrogens is 274 g/mol. The molecule has 106 valence electrons. The molecular formula is C14H17N3O2S. The van der Waals surface area contributed by atoms with E-state index in [1.54, 1.807) is 0 Å². The van der Waals surface area contributed by atoms with E-state index in [-0.39, 0.29) is 0 Å². The summed E-state index contributed by atoms with van der Waals surface area (Å²) in [5.41, 5.74) is 7.61. The smallest absolute Gasteiger partial charge is 0.261 e. The molecule has 2 aromatic heterocycles. The van der Waals surface area contributed by atoms with Crippen LogP contribution in [0.1, 0.15) is 48.4 Å². The molecule has 3 N–H and O–H groups in total. The fourth-order valence-electron chi connectivity index (χ4n) is 2.85. The minimum Gasteiger partial charge on any atom is -0.390 e. The van der Waals surface area contributed by atoms with Gasteiger partial charge >= 0.3 is 0 Å². The van der Waals surface area contributed by atoms with Crippen LogP contribution in [0.15, 0.2) is 4.52 Å². The molecule has 0 aromatic carbocycles. The summed E-state index contributed by atoms with van der Waals surface area (Å²) in [5, 5.41) is 15.0. The summed E-state index contributed by atoms with van der Waals surface area (Å²) in [4.78, 5) is 5.66. The van der Waals surface area contributed by atoms with Crippen molar-refractivity contribution in [2.45, 2.75) is 50.5 Å². The van der Waals surface area contributed by atoms with Crippen LogP contribution >= 0.6 is 11.3 Å². The number of nitrogens with zero attached hydrogens (tertiary/aromatic N) is 2. The topological polar surface area (TPSA) is 85.2 Å². The number of thiophene rings is 1. The van der Waals surface area contributed by atoms with E-state index >= 15 is 0 Å². The molecule has 1 atom stereocenters. The first kappa shape index (κ1) is 12.3. The van der Waals surface area contributed by atoms with Gasteiger partial charge in [0, 0.05) is 17.2 Å². The highest BCUT2D eigenvalue weighted by molar-refractivity contribution is 7.16. The molecule has 0 radical (unpaired) electrons. The second-order valence-electron chi connectivity index (χ2n) is 6.15. The van der Waals surface area contributed by atoms with Gasteiger partial charge in [-0.1, -0.05) is 5.16 Å². The van der Waals surface area contributed by atoms with E-state index in [1.165, 1.54) is 16.9 Å². The maximum absolute atomic E-state index is 10.2. The second kappa shape index (κ2) is 4.05. The Morgan fingerprint density at radius 3 is 3.00 bits per heavy atom. The molecule has 0 amide bonds. The molecule has 2 aliphatic carbocycles. The summed E-state index contributed by atoms with van der Waals surface area (Å²) >= 11 is 1.54. The first-order chi connectivity index (χ1) is 9.53. The third kappa shape index (κ3) is 1.94. The highest BCUT2D eigenvalue weighted by atomic mass is 32.1. The van der Waals surface area contributed by atoms with Crippen molar-refractivity contribution in [3.05, 3.63) is 16.3 Å². The number of nitrogens with two attached hydrogens (primary N) is 1. The van der Waals surface area contributed by atoms with Gasteiger partial charge in [0.25, 0.3) is 5.89 Å². The molecule has 0 bridgehead atoms. The molecule has 2 aromatic rings. The lowest BCUT2D eigenvalue weighted by Crippen LogP contribution is -2.31. The third-order valence-corrected chi connectivity index (χ3v) is 5.23. The van der Waals surface area contributed by atoms with Gasteiger partial charge in [-0.3, -0.25) is 0 Å². The van der Waals surface area contributed by atoms with Crippen LogP contribution < -0.4 is 5.73 Å². The molecule has 5 nitrogen and oxygen atoms in total. The zero-order valence-electron chi connectivity index (χ0n) is 11.3. The van der Waals surface area contributed by atoms with Crippen molar-refractivity contribution >= 4 is 16.3 Å². The Hall–Kier alpha value is -1.40. The van der Waals surface area contributed by atoms with Gasteiger partial charge < -0.3 is 15.4 Å². The van der Waals surface area contributed by atoms with Crippen molar-refractivity contribution in [3.8, 4) is 11.5 Å². The predicted molar refractivity (Wildman–Crippen MR) is 76.6 cm³/mol. The van der Waals surface area contributed by atoms with Gasteiger partial charge in [0.05, 0.1) is 16.2 Å². The van der Waals surface area contributed by atoms with Crippen molar-refractivity contribution in [1.82, 2.24) is 10.1 Å². The Bertz CT molecular complexity index is 670. The van der Waals surface area contributed by atoms with Crippen LogP contribution in [0.3, 0.4) is 0 Å². The molecule has 4 rings (SSSR count). The summed E-state index contributed by atoms with van der Waals surface area (Å²) in [6.45, 7) is 1.88. The number of nitrogen functional groups attached to an aromatic ring is 1. The van der Waals surface area contributed by atoms with E-state index < -0.39 is 5.60 Å². The molecule has 1 saturated carbocycles. The molecule has 2 aliphatic rings. The molecule has 20 heavy (non-hydrogen) atoms. The van der Waals surface area contributed by atoms with Crippen LogP contribution in [0.4, 0.5) is 5.00 Å². The Morgan fingerprint density at radius 1 is 1.45 bits per heavy atom. The van der Waals surface area contributed by atoms with E-state index in [2.05, 4.69) is 10.1 Å². The average molecular weight is 291 g/mol. The highest BCUT2D eigenvalue weighted by Crippen LogP contribution is 2.45. The molecule has 0 spiro atoms. The van der Waals surface area contributed by atoms with Crippen molar-refractivity contribution in [2.24, 2.45) is 0 Å². The first-order valence-electron chi connectivity index (χ1n) is 7.00. The van der Waals surface area contributed by atoms with Gasteiger partial charge in [0.15, 0.2) is 5.82 Å². The summed E-state index contributed by atoms with van der Waals surface area (Å²) in [7, 11) is 0. The summed E-state index contributed by atoms with van der Waals surface area (Å²) in [5.74, 6) is 1.83. The minimum atomic E-state index is -0.629. The van der Waals surface area contributed by atoms with Crippen molar-refractivity contribution in [1.29, 1.82) is 0 Å². The van der Waals surface area contributed by atoms with Crippen LogP contribution in [0.2, 0.25) is 0 Å². The number of hydrogen-bond acceptors (Lipinski definition) is 6. The van der Waals surface area contributed by atoms with Gasteiger partial charge in [-0.25, -0.2) is 0 Å². The predicted octanol–water partition coefficient (Wildman–Crippen LogP) is 2.50. The van der Waals surface area contributed by atoms with Gasteiger partial charge in [-0.15, -0.1) is 11.3 Å². The van der Waals surface area contributed by atoms with Crippen molar-refractivity contribution < 1.29 is 9.63 Å². The van der Waals surface area contributed by atoms with Crippen LogP contribution in [-0.4, -0.2) is 20.8 Å². The number of rotatable bonds is 2. The monoisotopic (exact) mass is 291 g/mol. The maximum Gasteiger partial charge on any atom is 0.261 e. The Kier molecular flexibility index (Phi) is 2.50. The molecule has 2 heterocycles. The summed E-state index contributed by atoms with van der Waals surface area (Å²) in [6.07, 6.45) is 4.51. The number of fused-ring (bicyclic) bond motifs is 1. The van der Waals surface area contributed by atoms with E-state index in [0.717, 1.165) is 46.9 Å². The lowest BCUT2D eigenvalue weighted by molar-refractivity contribution is 0.0470. The lowest BCUT2D eigenvalue weighted by atomic mass is 9.85. The average Bonchev–Trinajstić information content (AvgIpc) is 3.02. The fourth-order valence-corrected chi connectivity index (χ4v) is 4.14. The molecule has 6 heteroatoms. The maximum atomic E-state index is 10.2. The van der Waals surface area contributed by atoms with Crippen molar-refractivity contribution in [3.63, 3.8) is 0 Å². The van der Waals surface area contributed by atoms with E-state index in [9.17, 15) is 5.11 Å². The zero-order valence-corrected chi connectivity index (χ0v) is 12.2. The zero-order chi connectivity index (χ0) is 13.9. The lowest BCUT2D eigenvalue weighted by Gasteiger charge is -2.27. The highest BCUT2D eigenvalue weighted by Gasteiger charge is 2.34. The Labute approximate surface area is 120 Å². The fraction of sp³-hybridized carbons (Fsp3) is 0.571. The van der Waals surface area contributed by atoms with Crippen LogP contribution in [0.25, 0.3) is 11.5 Å². The van der Waals surface area contributed by atoms with Crippen molar-refractivity contribution in [2.75, 3.05) is 5.73 Å². The standard InChI is InChI=1S/C14H17N3O2S/c1-14(18)5-4-8-9(6-14)20-11(15)10(8)13-16-12(17-19-13)7-2-3-7/h7,18H,2-6,15H2,1H3. The van der Waals surface area contributed by atoms with E-state index in [4.69, 9.17) is 10.3 Å². The van der Waals surface area contributed by atoms with Crippen LogP contribution in [0.5, 0.6) is 0 Å². The van der Waals surface area contributed by atoms with E-state index in [0.29, 0.717) is 18.2 Å². The van der Waals surface area contributed by atoms with Gasteiger partial charge in [-0.05, 0) is 38.2 Å². The van der Waals surface area contributed by atoms with Gasteiger partial charge in [-0.2, -0.15) is 4.98 Å². The number of aromatic nitrogens is 2. The first-order valence-corrected chi connectivity index (χ1v) is 7.81. The summed E-state index contributed by atoms with van der Waals surface area (Å²) < 4.78 is 5.41. The van der Waals surface area contributed by atoms with Crippen LogP contribution in [0, 0.1) is 0 Å². The Morgan fingerprint density at radius 2 is 2.25 bits per heavy atom. The SMILES string of the molecule is CC1(O)CCc2c(sc(N)c2-c2nc(C3CC3)no2)C1. The number of anilines is 1. The molecule has 0 saturated heterocycles. The van der Waals surface area contributed by atoms with Crippen LogP contribution in [-0.2, 0) is 12.8 Å². The largest absolute Gasteiger partial charge is 0.390 e. The summed E-state index contributed by atoms with van der Waals surface area (Å²) in [6, 6.07) is 0. The Balaban J connectivity index is 1.76. The second-order valence-corrected chi connectivity index (χ2v) is 7.29.